The average Bonchev–Trinajstić information content (AvgIpc) is 2.67. The summed E-state index contributed by atoms with van der Waals surface area (Å²) in [6.07, 6.45) is 5.32. The third-order valence-corrected chi connectivity index (χ3v) is 8.07. The Balaban J connectivity index is 1.96. The molecule has 2 atom stereocenters. The lowest BCUT2D eigenvalue weighted by atomic mass is 9.52. The summed E-state index contributed by atoms with van der Waals surface area (Å²) in [6.45, 7) is 4.88. The second-order valence-corrected chi connectivity index (χ2v) is 8.82. The number of halogens is 2. The van der Waals surface area contributed by atoms with Crippen LogP contribution >= 0.6 is 31.9 Å². The van der Waals surface area contributed by atoms with Gasteiger partial charge in [-0.3, -0.25) is 0 Å². The highest BCUT2D eigenvalue weighted by atomic mass is 79.9. The molecule has 19 heavy (non-hydrogen) atoms. The van der Waals surface area contributed by atoms with Gasteiger partial charge in [-0.05, 0) is 75.7 Å². The van der Waals surface area contributed by atoms with E-state index in [1.165, 1.54) is 31.2 Å². The van der Waals surface area contributed by atoms with E-state index < -0.39 is 0 Å². The molecule has 1 aliphatic heterocycles. The van der Waals surface area contributed by atoms with Crippen molar-refractivity contribution in [3.05, 3.63) is 28.8 Å². The van der Waals surface area contributed by atoms with Gasteiger partial charge in [-0.15, -0.1) is 0 Å². The van der Waals surface area contributed by atoms with Crippen LogP contribution in [0, 0.1) is 0 Å². The molecule has 0 radical (unpaired) electrons. The maximum Gasteiger partial charge on any atom is 0.169 e. The molecule has 0 saturated heterocycles. The number of fused-ring (bicyclic) bond motifs is 3. The summed E-state index contributed by atoms with van der Waals surface area (Å²) in [6, 6.07) is 4.75. The van der Waals surface area contributed by atoms with E-state index in [0.29, 0.717) is 10.8 Å². The van der Waals surface area contributed by atoms with E-state index in [4.69, 9.17) is 4.74 Å². The molecule has 0 amide bonds. The molecule has 1 saturated carbocycles. The minimum absolute atomic E-state index is 0.0598. The Morgan fingerprint density at radius 3 is 2.11 bits per heavy atom. The minimum Gasteiger partial charge on any atom is -0.477 e. The van der Waals surface area contributed by atoms with E-state index >= 15 is 0 Å². The van der Waals surface area contributed by atoms with Gasteiger partial charge in [-0.1, -0.05) is 29.8 Å². The zero-order chi connectivity index (χ0) is 13.4. The van der Waals surface area contributed by atoms with Crippen LogP contribution < -0.4 is 4.74 Å². The highest BCUT2D eigenvalue weighted by Crippen LogP contribution is 2.59. The van der Waals surface area contributed by atoms with Crippen LogP contribution in [0.4, 0.5) is 0 Å². The summed E-state index contributed by atoms with van der Waals surface area (Å²) in [5.74, 6) is 1.07. The fraction of sp³-hybridized carbons (Fsp3) is 0.625. The summed E-state index contributed by atoms with van der Waals surface area (Å²) in [7, 11) is 0. The fourth-order valence-corrected chi connectivity index (χ4v) is 5.08. The van der Waals surface area contributed by atoms with Crippen LogP contribution in [0.5, 0.6) is 5.75 Å². The Labute approximate surface area is 131 Å². The van der Waals surface area contributed by atoms with Gasteiger partial charge in [0.05, 0.1) is 4.83 Å². The number of hydrogen-bond donors (Lipinski definition) is 0. The van der Waals surface area contributed by atoms with Gasteiger partial charge in [0, 0.05) is 5.56 Å². The first kappa shape index (κ1) is 12.7. The van der Waals surface area contributed by atoms with E-state index in [-0.39, 0.29) is 9.84 Å². The van der Waals surface area contributed by atoms with E-state index in [0.717, 1.165) is 5.75 Å². The van der Waals surface area contributed by atoms with Crippen molar-refractivity contribution in [3.8, 4) is 5.75 Å². The zero-order valence-electron chi connectivity index (χ0n) is 11.3. The van der Waals surface area contributed by atoms with Gasteiger partial charge >= 0.3 is 0 Å². The lowest BCUT2D eigenvalue weighted by Crippen LogP contribution is -2.44. The van der Waals surface area contributed by atoms with Crippen LogP contribution in [0.15, 0.2) is 12.1 Å². The monoisotopic (exact) mass is 384 g/mol. The Morgan fingerprint density at radius 1 is 1.00 bits per heavy atom. The van der Waals surface area contributed by atoms with Crippen molar-refractivity contribution in [1.82, 2.24) is 0 Å². The highest BCUT2D eigenvalue weighted by molar-refractivity contribution is 9.12. The molecule has 1 fully saturated rings. The lowest BCUT2D eigenvalue weighted by Gasteiger charge is -2.52. The smallest absolute Gasteiger partial charge is 0.169 e. The predicted octanol–water partition coefficient (Wildman–Crippen LogP) is 5.34. The van der Waals surface area contributed by atoms with E-state index in [2.05, 4.69) is 57.8 Å². The Kier molecular flexibility index (Phi) is 2.53. The molecule has 0 spiro atoms. The number of alkyl halides is 2. The van der Waals surface area contributed by atoms with Crippen molar-refractivity contribution in [2.75, 3.05) is 0 Å². The Hall–Kier alpha value is -0.0200. The standard InChI is InChI=1S/C16H18Br2O/c1-15-3-5-16(2,6-4-15)11-8-12-9(7-10(11)15)13(17)14(18)19-12/h7-8,13-14H,3-6H2,1-2H3. The van der Waals surface area contributed by atoms with E-state index in [1.807, 2.05) is 0 Å². The summed E-state index contributed by atoms with van der Waals surface area (Å²) >= 11 is 7.34. The molecule has 1 heterocycles. The number of ether oxygens (including phenoxy) is 1. The fourth-order valence-electron chi connectivity index (χ4n) is 4.13. The van der Waals surface area contributed by atoms with E-state index in [9.17, 15) is 0 Å². The summed E-state index contributed by atoms with van der Waals surface area (Å²) in [4.78, 5) is 0.268. The first-order chi connectivity index (χ1) is 8.93. The van der Waals surface area contributed by atoms with Crippen molar-refractivity contribution in [2.45, 2.75) is 60.2 Å². The van der Waals surface area contributed by atoms with E-state index in [1.54, 1.807) is 11.1 Å². The van der Waals surface area contributed by atoms with Gasteiger partial charge in [-0.25, -0.2) is 0 Å². The lowest BCUT2D eigenvalue weighted by molar-refractivity contribution is 0.187. The van der Waals surface area contributed by atoms with Gasteiger partial charge in [0.15, 0.2) is 5.01 Å². The van der Waals surface area contributed by atoms with Crippen LogP contribution in [-0.2, 0) is 10.8 Å². The zero-order valence-corrected chi connectivity index (χ0v) is 14.5. The van der Waals surface area contributed by atoms with Gasteiger partial charge in [0.1, 0.15) is 5.75 Å². The summed E-state index contributed by atoms with van der Waals surface area (Å²) in [5.41, 5.74) is 5.21. The van der Waals surface area contributed by atoms with Crippen LogP contribution in [0.2, 0.25) is 0 Å². The normalized spacial score (nSPS) is 42.7. The molecule has 3 heteroatoms. The maximum atomic E-state index is 5.94. The topological polar surface area (TPSA) is 9.23 Å². The SMILES string of the molecule is CC12CCC(C)(CC1)c1cc3c(cc12)OC(Br)C3Br. The molecule has 0 aromatic heterocycles. The number of hydrogen-bond acceptors (Lipinski definition) is 1. The molecule has 1 aromatic carbocycles. The van der Waals surface area contributed by atoms with Crippen molar-refractivity contribution in [3.63, 3.8) is 0 Å². The highest BCUT2D eigenvalue weighted by Gasteiger charge is 2.49. The first-order valence-electron chi connectivity index (χ1n) is 7.07. The van der Waals surface area contributed by atoms with Crippen LogP contribution in [0.1, 0.15) is 61.0 Å². The maximum absolute atomic E-state index is 5.94. The average molecular weight is 386 g/mol. The molecule has 102 valence electrons. The Bertz CT molecular complexity index is 558. The van der Waals surface area contributed by atoms with Crippen LogP contribution in [-0.4, -0.2) is 5.01 Å². The third kappa shape index (κ3) is 1.58. The minimum atomic E-state index is 0.0598. The molecule has 1 nitrogen and oxygen atoms in total. The number of benzene rings is 1. The van der Waals surface area contributed by atoms with Gasteiger partial charge in [0.25, 0.3) is 0 Å². The first-order valence-corrected chi connectivity index (χ1v) is 8.90. The van der Waals surface area contributed by atoms with Crippen LogP contribution in [0.25, 0.3) is 0 Å². The molecule has 0 N–H and O–H groups in total. The molecule has 5 rings (SSSR count). The molecular weight excluding hydrogens is 368 g/mol. The second kappa shape index (κ2) is 3.79. The van der Waals surface area contributed by atoms with Gasteiger partial charge in [0.2, 0.25) is 0 Å². The third-order valence-electron chi connectivity index (χ3n) is 5.67. The largest absolute Gasteiger partial charge is 0.477 e. The quantitative estimate of drug-likeness (QED) is 0.547. The molecule has 2 bridgehead atoms. The second-order valence-electron chi connectivity index (χ2n) is 6.93. The molecule has 3 aliphatic carbocycles. The van der Waals surface area contributed by atoms with Crippen molar-refractivity contribution >= 4 is 31.9 Å². The summed E-state index contributed by atoms with van der Waals surface area (Å²) in [5, 5.41) is 0.0598. The van der Waals surface area contributed by atoms with Gasteiger partial charge < -0.3 is 4.74 Å². The van der Waals surface area contributed by atoms with Gasteiger partial charge in [-0.2, -0.15) is 0 Å². The summed E-state index contributed by atoms with van der Waals surface area (Å²) < 4.78 is 5.94. The van der Waals surface area contributed by atoms with Crippen molar-refractivity contribution in [2.24, 2.45) is 0 Å². The van der Waals surface area contributed by atoms with Crippen LogP contribution in [0.3, 0.4) is 0 Å². The predicted molar refractivity (Wildman–Crippen MR) is 84.6 cm³/mol. The molecule has 4 aliphatic rings. The molecular formula is C16H18Br2O. The van der Waals surface area contributed by atoms with Crippen molar-refractivity contribution in [1.29, 1.82) is 0 Å². The van der Waals surface area contributed by atoms with Crippen molar-refractivity contribution < 1.29 is 4.74 Å². The number of rotatable bonds is 0. The molecule has 1 aromatic rings. The molecule has 2 unspecified atom stereocenters. The Morgan fingerprint density at radius 2 is 1.53 bits per heavy atom.